The Kier molecular flexibility index (Phi) is 6.67. The van der Waals surface area contributed by atoms with Gasteiger partial charge in [0.2, 0.25) is 5.95 Å². The van der Waals surface area contributed by atoms with Crippen molar-refractivity contribution in [2.75, 3.05) is 44.7 Å². The number of β-amino-alcohol motifs (C(OH)–C–C–N with tert-alkyl or cyclic N) is 1. The minimum Gasteiger partial charge on any atom is -0.506 e. The summed E-state index contributed by atoms with van der Waals surface area (Å²) in [6, 6.07) is 8.99. The summed E-state index contributed by atoms with van der Waals surface area (Å²) >= 11 is 0. The first-order valence-electron chi connectivity index (χ1n) is 10.5. The highest BCUT2D eigenvalue weighted by molar-refractivity contribution is 5.79. The Morgan fingerprint density at radius 3 is 2.74 bits per heavy atom. The highest BCUT2D eigenvalue weighted by atomic mass is 16.5. The van der Waals surface area contributed by atoms with Crippen LogP contribution in [0, 0.1) is 6.92 Å². The summed E-state index contributed by atoms with van der Waals surface area (Å²) in [6.07, 6.45) is -0.565. The average Bonchev–Trinajstić information content (AvgIpc) is 3.12. The molecular weight excluding hydrogens is 398 g/mol. The second-order valence-electron chi connectivity index (χ2n) is 7.87. The third kappa shape index (κ3) is 5.13. The van der Waals surface area contributed by atoms with E-state index in [4.69, 9.17) is 4.74 Å². The van der Waals surface area contributed by atoms with Gasteiger partial charge in [-0.25, -0.2) is 4.98 Å². The molecule has 0 unspecified atom stereocenters. The van der Waals surface area contributed by atoms with Crippen molar-refractivity contribution >= 4 is 17.0 Å². The lowest BCUT2D eigenvalue weighted by atomic mass is 10.2. The van der Waals surface area contributed by atoms with Crippen LogP contribution in [0.4, 0.5) is 5.95 Å². The average molecular weight is 428 g/mol. The Labute approximate surface area is 180 Å². The molecule has 1 aliphatic rings. The van der Waals surface area contributed by atoms with Gasteiger partial charge in [-0.2, -0.15) is 0 Å². The van der Waals surface area contributed by atoms with E-state index in [0.717, 1.165) is 35.4 Å². The third-order valence-corrected chi connectivity index (χ3v) is 5.46. The van der Waals surface area contributed by atoms with E-state index in [1.54, 1.807) is 12.1 Å². The van der Waals surface area contributed by atoms with Crippen LogP contribution in [0.1, 0.15) is 17.0 Å². The highest BCUT2D eigenvalue weighted by Crippen LogP contribution is 2.25. The van der Waals surface area contributed by atoms with Crippen LogP contribution in [-0.4, -0.2) is 80.3 Å². The molecule has 0 radical (unpaired) electrons. The summed E-state index contributed by atoms with van der Waals surface area (Å²) in [5, 5.41) is 33.5. The molecule has 1 aliphatic heterocycles. The maximum absolute atomic E-state index is 10.5. The number of aromatic nitrogens is 3. The summed E-state index contributed by atoms with van der Waals surface area (Å²) in [5.74, 6) is 0.701. The van der Waals surface area contributed by atoms with Crippen LogP contribution < -0.4 is 5.32 Å². The van der Waals surface area contributed by atoms with Gasteiger partial charge < -0.3 is 29.9 Å². The van der Waals surface area contributed by atoms with Gasteiger partial charge in [0, 0.05) is 31.9 Å². The van der Waals surface area contributed by atoms with Crippen LogP contribution in [0.3, 0.4) is 0 Å². The predicted octanol–water partition coefficient (Wildman–Crippen LogP) is 1.09. The van der Waals surface area contributed by atoms with Crippen molar-refractivity contribution in [3.63, 3.8) is 0 Å². The van der Waals surface area contributed by atoms with Crippen molar-refractivity contribution in [3.05, 3.63) is 47.3 Å². The number of pyridine rings is 1. The number of benzene rings is 1. The predicted molar refractivity (Wildman–Crippen MR) is 117 cm³/mol. The summed E-state index contributed by atoms with van der Waals surface area (Å²) in [4.78, 5) is 11.3. The Bertz CT molecular complexity index is 1030. The number of imidazole rings is 1. The van der Waals surface area contributed by atoms with Gasteiger partial charge in [0.25, 0.3) is 0 Å². The highest BCUT2D eigenvalue weighted by Gasteiger charge is 2.18. The van der Waals surface area contributed by atoms with E-state index in [2.05, 4.69) is 20.2 Å². The number of nitrogens with zero attached hydrogens (tertiary/aromatic N) is 4. The molecule has 0 amide bonds. The number of fused-ring (bicyclic) bond motifs is 1. The van der Waals surface area contributed by atoms with E-state index < -0.39 is 6.10 Å². The SMILES string of the molecule is Cc1ccc(O)c(Cn2c(NC[C@@H](O)CN3CCOCC3)nc3cc(CO)ccc32)n1. The van der Waals surface area contributed by atoms with Crippen molar-refractivity contribution in [3.8, 4) is 5.75 Å². The van der Waals surface area contributed by atoms with Gasteiger partial charge in [0.05, 0.1) is 43.5 Å². The van der Waals surface area contributed by atoms with Crippen LogP contribution in [-0.2, 0) is 17.9 Å². The number of hydrogen-bond donors (Lipinski definition) is 4. The quantitative estimate of drug-likeness (QED) is 0.422. The second-order valence-corrected chi connectivity index (χ2v) is 7.87. The van der Waals surface area contributed by atoms with Gasteiger partial charge in [-0.1, -0.05) is 6.07 Å². The van der Waals surface area contributed by atoms with Gasteiger partial charge in [-0.15, -0.1) is 0 Å². The monoisotopic (exact) mass is 427 g/mol. The fraction of sp³-hybridized carbons (Fsp3) is 0.455. The van der Waals surface area contributed by atoms with E-state index >= 15 is 0 Å². The van der Waals surface area contributed by atoms with Gasteiger partial charge in [-0.3, -0.25) is 9.88 Å². The van der Waals surface area contributed by atoms with Crippen molar-refractivity contribution in [1.82, 2.24) is 19.4 Å². The molecule has 9 nitrogen and oxygen atoms in total. The molecule has 166 valence electrons. The number of nitrogens with one attached hydrogen (secondary N) is 1. The zero-order chi connectivity index (χ0) is 21.8. The number of anilines is 1. The van der Waals surface area contributed by atoms with Crippen LogP contribution in [0.15, 0.2) is 30.3 Å². The summed E-state index contributed by atoms with van der Waals surface area (Å²) in [5.41, 5.74) is 3.71. The first-order chi connectivity index (χ1) is 15.0. The molecule has 3 heterocycles. The van der Waals surface area contributed by atoms with Crippen LogP contribution in [0.25, 0.3) is 11.0 Å². The van der Waals surface area contributed by atoms with Gasteiger partial charge in [0.1, 0.15) is 11.4 Å². The topological polar surface area (TPSA) is 116 Å². The molecule has 1 saturated heterocycles. The zero-order valence-corrected chi connectivity index (χ0v) is 17.7. The Balaban J connectivity index is 1.57. The molecule has 1 fully saturated rings. The maximum atomic E-state index is 10.5. The normalized spacial score (nSPS) is 16.0. The van der Waals surface area contributed by atoms with Gasteiger partial charge in [-0.05, 0) is 36.8 Å². The first kappa shape index (κ1) is 21.5. The first-order valence-corrected chi connectivity index (χ1v) is 10.5. The van der Waals surface area contributed by atoms with E-state index in [9.17, 15) is 15.3 Å². The van der Waals surface area contributed by atoms with Crippen molar-refractivity contribution in [2.24, 2.45) is 0 Å². The second kappa shape index (κ2) is 9.61. The smallest absolute Gasteiger partial charge is 0.204 e. The minimum atomic E-state index is -0.565. The molecule has 0 spiro atoms. The van der Waals surface area contributed by atoms with E-state index in [-0.39, 0.29) is 12.4 Å². The number of aliphatic hydroxyl groups is 2. The molecular formula is C22H29N5O4. The van der Waals surface area contributed by atoms with E-state index in [0.29, 0.717) is 44.5 Å². The summed E-state index contributed by atoms with van der Waals surface area (Å²) < 4.78 is 7.29. The van der Waals surface area contributed by atoms with Crippen molar-refractivity contribution in [2.45, 2.75) is 26.2 Å². The fourth-order valence-corrected chi connectivity index (χ4v) is 3.79. The fourth-order valence-electron chi connectivity index (χ4n) is 3.79. The molecule has 9 heteroatoms. The number of aryl methyl sites for hydroxylation is 1. The number of morpholine rings is 1. The number of aliphatic hydroxyl groups excluding tert-OH is 2. The number of hydrogen-bond acceptors (Lipinski definition) is 8. The molecule has 4 N–H and O–H groups in total. The molecule has 0 aliphatic carbocycles. The molecule has 3 aromatic rings. The molecule has 1 aromatic carbocycles. The largest absolute Gasteiger partial charge is 0.506 e. The van der Waals surface area contributed by atoms with Gasteiger partial charge in [0.15, 0.2) is 0 Å². The van der Waals surface area contributed by atoms with Crippen LogP contribution in [0.5, 0.6) is 5.75 Å². The Morgan fingerprint density at radius 1 is 1.16 bits per heavy atom. The lowest BCUT2D eigenvalue weighted by molar-refractivity contribution is 0.0171. The number of rotatable bonds is 8. The Morgan fingerprint density at radius 2 is 1.97 bits per heavy atom. The molecule has 0 bridgehead atoms. The minimum absolute atomic E-state index is 0.0654. The third-order valence-electron chi connectivity index (χ3n) is 5.46. The lowest BCUT2D eigenvalue weighted by Crippen LogP contribution is -2.42. The molecule has 1 atom stereocenters. The van der Waals surface area contributed by atoms with Crippen molar-refractivity contribution in [1.29, 1.82) is 0 Å². The molecule has 2 aromatic heterocycles. The molecule has 0 saturated carbocycles. The van der Waals surface area contributed by atoms with E-state index in [1.165, 1.54) is 0 Å². The van der Waals surface area contributed by atoms with Crippen molar-refractivity contribution < 1.29 is 20.1 Å². The van der Waals surface area contributed by atoms with Crippen LogP contribution >= 0.6 is 0 Å². The molecule has 4 rings (SSSR count). The van der Waals surface area contributed by atoms with Crippen LogP contribution in [0.2, 0.25) is 0 Å². The van der Waals surface area contributed by atoms with E-state index in [1.807, 2.05) is 29.7 Å². The number of aromatic hydroxyl groups is 1. The van der Waals surface area contributed by atoms with Gasteiger partial charge >= 0.3 is 0 Å². The summed E-state index contributed by atoms with van der Waals surface area (Å²) in [6.45, 7) is 6.05. The molecule has 31 heavy (non-hydrogen) atoms. The summed E-state index contributed by atoms with van der Waals surface area (Å²) in [7, 11) is 0. The number of ether oxygens (including phenoxy) is 1. The maximum Gasteiger partial charge on any atom is 0.204 e. The standard InChI is InChI=1S/C22H29N5O4/c1-15-2-5-21(30)19(24-15)13-27-20-4-3-16(14-28)10-18(20)25-22(27)23-11-17(29)12-26-6-8-31-9-7-26/h2-5,10,17,28-30H,6-9,11-14H2,1H3,(H,23,25)/t17-/m1/s1. The lowest BCUT2D eigenvalue weighted by Gasteiger charge is -2.28. The Hall–Kier alpha value is -2.72. The zero-order valence-electron chi connectivity index (χ0n) is 17.7.